The fourth-order valence-corrected chi connectivity index (χ4v) is 2.07. The number of carbonyl (C=O) groups excluding carboxylic acids is 1. The minimum atomic E-state index is -1.11. The Morgan fingerprint density at radius 1 is 1.53 bits per heavy atom. The fourth-order valence-electron chi connectivity index (χ4n) is 2.07. The third-order valence-corrected chi connectivity index (χ3v) is 3.00. The molecule has 17 heavy (non-hydrogen) atoms. The minimum Gasteiger partial charge on any atom is -1.00 e. The second-order valence-corrected chi connectivity index (χ2v) is 3.97. The van der Waals surface area contributed by atoms with Gasteiger partial charge in [0, 0.05) is 19.0 Å². The summed E-state index contributed by atoms with van der Waals surface area (Å²) in [5.41, 5.74) is 1.96. The van der Waals surface area contributed by atoms with Gasteiger partial charge in [-0.25, -0.2) is 9.89 Å². The standard InChI is InChI=1S/C10H10N4O2.ClH/c15-10(16)14-4-7(5-14)9-8-3-11-1-2-13(8)6-12-9;/h1-3,6-7H,4-5H2,(H,15,16);1H/p-1. The molecule has 1 unspecified atom stereocenters. The lowest BCUT2D eigenvalue weighted by atomic mass is 9.96. The van der Waals surface area contributed by atoms with E-state index in [-0.39, 0.29) is 18.3 Å². The van der Waals surface area contributed by atoms with Crippen molar-refractivity contribution in [1.82, 2.24) is 4.90 Å². The van der Waals surface area contributed by atoms with E-state index in [0.29, 0.717) is 13.1 Å². The van der Waals surface area contributed by atoms with Crippen LogP contribution in [0.25, 0.3) is 0 Å². The molecule has 0 saturated carbocycles. The topological polar surface area (TPSA) is 72.5 Å². The van der Waals surface area contributed by atoms with Crippen molar-refractivity contribution in [1.29, 1.82) is 0 Å². The highest BCUT2D eigenvalue weighted by atomic mass is 35.5. The van der Waals surface area contributed by atoms with Gasteiger partial charge in [0.2, 0.25) is 0 Å². The number of fused-ring (bicyclic) bond motifs is 1. The largest absolute Gasteiger partial charge is 1.00 e. The highest BCUT2D eigenvalue weighted by Crippen LogP contribution is 2.26. The van der Waals surface area contributed by atoms with Crippen LogP contribution in [0.2, 0.25) is 0 Å². The lowest BCUT2D eigenvalue weighted by molar-refractivity contribution is -0.682. The maximum absolute atomic E-state index is 10.5. The summed E-state index contributed by atoms with van der Waals surface area (Å²) < 4.78 is 0. The summed E-state index contributed by atoms with van der Waals surface area (Å²) in [4.78, 5) is 21.3. The van der Waals surface area contributed by atoms with Gasteiger partial charge in [0.1, 0.15) is 18.0 Å². The van der Waals surface area contributed by atoms with Gasteiger partial charge in [0.05, 0.1) is 12.4 Å². The quantitative estimate of drug-likeness (QED) is 0.508. The summed E-state index contributed by atoms with van der Waals surface area (Å²) in [6.07, 6.45) is 6.10. The van der Waals surface area contributed by atoms with E-state index in [9.17, 15) is 9.90 Å². The second-order valence-electron chi connectivity index (χ2n) is 3.97. The van der Waals surface area contributed by atoms with Gasteiger partial charge in [-0.05, 0) is 0 Å². The average molecular weight is 254 g/mol. The van der Waals surface area contributed by atoms with Crippen LogP contribution in [0.3, 0.4) is 0 Å². The Morgan fingerprint density at radius 3 is 3.00 bits per heavy atom. The fraction of sp³-hybridized carbons (Fsp3) is 0.300. The number of likely N-dealkylation sites (tertiary alicyclic amines) is 1. The Hall–Kier alpha value is -1.66. The third kappa shape index (κ3) is 1.85. The summed E-state index contributed by atoms with van der Waals surface area (Å²) in [5.74, 6) is 0.180. The number of nitrogens with one attached hydrogen (secondary N) is 1. The number of carbonyl (C=O) groups is 1. The third-order valence-electron chi connectivity index (χ3n) is 3.00. The first-order valence-electron chi connectivity index (χ1n) is 5.07. The van der Waals surface area contributed by atoms with Crippen molar-refractivity contribution in [3.8, 4) is 0 Å². The molecule has 3 aliphatic heterocycles. The first-order valence-corrected chi connectivity index (χ1v) is 5.07. The van der Waals surface area contributed by atoms with Crippen molar-refractivity contribution < 1.29 is 27.2 Å². The van der Waals surface area contributed by atoms with Crippen LogP contribution in [0, 0.1) is 5.92 Å². The van der Waals surface area contributed by atoms with Crippen LogP contribution < -0.4 is 22.4 Å². The van der Waals surface area contributed by atoms with Crippen LogP contribution in [0.4, 0.5) is 4.79 Å². The van der Waals surface area contributed by atoms with Gasteiger partial charge in [-0.15, -0.1) is 0 Å². The molecule has 3 heterocycles. The van der Waals surface area contributed by atoms with Gasteiger partial charge in [0.15, 0.2) is 12.0 Å². The van der Waals surface area contributed by atoms with Gasteiger partial charge in [-0.1, -0.05) is 0 Å². The summed E-state index contributed by atoms with van der Waals surface area (Å²) in [5, 5.41) is 10.5. The van der Waals surface area contributed by atoms with Gasteiger partial charge >= 0.3 is 0 Å². The van der Waals surface area contributed by atoms with Crippen LogP contribution in [-0.2, 0) is 0 Å². The molecule has 3 aliphatic rings. The lowest BCUT2D eigenvalue weighted by Gasteiger charge is -2.40. The molecule has 0 aromatic carbocycles. The number of carboxylic acid groups (broad SMARTS) is 1. The zero-order valence-electron chi connectivity index (χ0n) is 8.84. The van der Waals surface area contributed by atoms with Crippen LogP contribution in [-0.4, -0.2) is 36.6 Å². The number of nitrogens with zero attached hydrogens (tertiary/aromatic N) is 3. The predicted octanol–water partition coefficient (Wildman–Crippen LogP) is -5.04. The van der Waals surface area contributed by atoms with E-state index in [1.54, 1.807) is 18.8 Å². The molecule has 0 aromatic rings. The zero-order chi connectivity index (χ0) is 11.1. The van der Waals surface area contributed by atoms with E-state index in [0.717, 1.165) is 16.3 Å². The number of hydrogen-bond acceptors (Lipinski definition) is 4. The Morgan fingerprint density at radius 2 is 2.29 bits per heavy atom. The van der Waals surface area contributed by atoms with Crippen molar-refractivity contribution in [2.75, 3.05) is 13.1 Å². The Kier molecular flexibility index (Phi) is 2.99. The molecule has 0 aliphatic carbocycles. The highest BCUT2D eigenvalue weighted by Gasteiger charge is 2.36. The molecular weight excluding hydrogens is 244 g/mol. The molecule has 6 nitrogen and oxygen atoms in total. The van der Waals surface area contributed by atoms with Crippen LogP contribution in [0.5, 0.6) is 0 Å². The van der Waals surface area contributed by atoms with Crippen molar-refractivity contribution in [2.24, 2.45) is 15.9 Å². The lowest BCUT2D eigenvalue weighted by Crippen LogP contribution is -3.04. The molecule has 1 saturated heterocycles. The molecule has 0 radical (unpaired) electrons. The van der Waals surface area contributed by atoms with Crippen LogP contribution >= 0.6 is 0 Å². The molecule has 7 heteroatoms. The molecule has 0 aromatic heterocycles. The van der Waals surface area contributed by atoms with Gasteiger partial charge in [-0.3, -0.25) is 4.99 Å². The maximum Gasteiger partial charge on any atom is 0.198 e. The molecule has 1 atom stereocenters. The molecule has 1 N–H and O–H groups in total. The monoisotopic (exact) mass is 253 g/mol. The van der Waals surface area contributed by atoms with E-state index in [2.05, 4.69) is 9.98 Å². The number of halogens is 1. The smallest absolute Gasteiger partial charge is 0.198 e. The van der Waals surface area contributed by atoms with Crippen molar-refractivity contribution in [3.05, 3.63) is 23.8 Å². The van der Waals surface area contributed by atoms with Crippen LogP contribution in [0.1, 0.15) is 0 Å². The summed E-state index contributed by atoms with van der Waals surface area (Å²) >= 11 is 0. The number of allylic oxidation sites excluding steroid dienone is 1. The van der Waals surface area contributed by atoms with E-state index in [1.807, 2.05) is 6.20 Å². The van der Waals surface area contributed by atoms with E-state index in [1.165, 1.54) is 4.90 Å². The first kappa shape index (κ1) is 11.8. The number of amides is 1. The normalized spacial score (nSPS) is 25.6. The molecule has 0 bridgehead atoms. The maximum atomic E-state index is 10.5. The zero-order valence-corrected chi connectivity index (χ0v) is 9.59. The SMILES string of the molecule is O=C([O-])N1CC(C2=C3C=NC=C[NH+]3C=N2)C1.[Cl-]. The Bertz CT molecular complexity index is 463. The Labute approximate surface area is 104 Å². The van der Waals surface area contributed by atoms with Crippen molar-refractivity contribution >= 4 is 18.6 Å². The number of hydrogen-bond donors (Lipinski definition) is 1. The summed E-state index contributed by atoms with van der Waals surface area (Å²) in [6, 6.07) is 0. The molecule has 0 spiro atoms. The number of quaternary nitrogens is 1. The van der Waals surface area contributed by atoms with Gasteiger partial charge in [-0.2, -0.15) is 0 Å². The van der Waals surface area contributed by atoms with Crippen LogP contribution in [0.15, 0.2) is 33.8 Å². The molecule has 3 rings (SSSR count). The van der Waals surface area contributed by atoms with E-state index < -0.39 is 6.09 Å². The minimum absolute atomic E-state index is 0. The van der Waals surface area contributed by atoms with E-state index >= 15 is 0 Å². The number of aliphatic imine (C=N–C) groups is 2. The average Bonchev–Trinajstić information content (AvgIpc) is 2.60. The molecule has 1 fully saturated rings. The first-order chi connectivity index (χ1) is 7.75. The van der Waals surface area contributed by atoms with Gasteiger partial charge in [0.25, 0.3) is 0 Å². The summed E-state index contributed by atoms with van der Waals surface area (Å²) in [7, 11) is 0. The molecule has 90 valence electrons. The molecule has 1 amide bonds. The van der Waals surface area contributed by atoms with Crippen molar-refractivity contribution in [3.63, 3.8) is 0 Å². The second kappa shape index (κ2) is 4.31. The van der Waals surface area contributed by atoms with Crippen molar-refractivity contribution in [2.45, 2.75) is 0 Å². The predicted molar refractivity (Wildman–Crippen MR) is 54.6 cm³/mol. The highest BCUT2D eigenvalue weighted by molar-refractivity contribution is 5.82. The number of rotatable bonds is 1. The van der Waals surface area contributed by atoms with E-state index in [4.69, 9.17) is 0 Å². The summed E-state index contributed by atoms with van der Waals surface area (Å²) in [6.45, 7) is 0.951. The Balaban J connectivity index is 0.00000108. The van der Waals surface area contributed by atoms with Gasteiger partial charge < -0.3 is 27.2 Å². The molecular formula is C10H10ClN4O2-.